The Bertz CT molecular complexity index is 1200. The molecule has 1 N–H and O–H groups in total. The molecule has 3 aromatic carbocycles. The van der Waals surface area contributed by atoms with Crippen LogP contribution in [0.2, 0.25) is 0 Å². The summed E-state index contributed by atoms with van der Waals surface area (Å²) >= 11 is 4.64. The van der Waals surface area contributed by atoms with E-state index in [1.807, 2.05) is 55.5 Å². The quantitative estimate of drug-likeness (QED) is 0.298. The molecule has 34 heavy (non-hydrogen) atoms. The van der Waals surface area contributed by atoms with Crippen LogP contribution in [0.15, 0.2) is 92.8 Å². The smallest absolute Gasteiger partial charge is 0.338 e. The minimum Gasteiger partial charge on any atom is -0.462 e. The van der Waals surface area contributed by atoms with Crippen LogP contribution in [-0.2, 0) is 14.3 Å². The van der Waals surface area contributed by atoms with Crippen LogP contribution in [0.1, 0.15) is 22.8 Å². The SMILES string of the molecule is CCOC(=O)c1ccc(N2C(=O)C(Nc3ccc(Br)cc3)=C(Sc3ccc(C)cc3)C2=O)cc1. The molecule has 0 aliphatic carbocycles. The minimum absolute atomic E-state index is 0.201. The summed E-state index contributed by atoms with van der Waals surface area (Å²) in [5, 5.41) is 3.13. The Balaban J connectivity index is 1.68. The number of esters is 1. The number of nitrogens with one attached hydrogen (secondary N) is 1. The summed E-state index contributed by atoms with van der Waals surface area (Å²) in [5.74, 6) is -1.36. The third-order valence-electron chi connectivity index (χ3n) is 5.03. The van der Waals surface area contributed by atoms with Crippen molar-refractivity contribution in [1.82, 2.24) is 0 Å². The van der Waals surface area contributed by atoms with Crippen molar-refractivity contribution in [2.75, 3.05) is 16.8 Å². The van der Waals surface area contributed by atoms with E-state index in [4.69, 9.17) is 4.74 Å². The lowest BCUT2D eigenvalue weighted by Crippen LogP contribution is -2.32. The fourth-order valence-corrected chi connectivity index (χ4v) is 4.50. The molecule has 1 aliphatic rings. The van der Waals surface area contributed by atoms with E-state index in [2.05, 4.69) is 21.2 Å². The first kappa shape index (κ1) is 23.8. The molecule has 0 bridgehead atoms. The molecule has 0 fully saturated rings. The molecule has 2 amide bonds. The van der Waals surface area contributed by atoms with Gasteiger partial charge in [-0.3, -0.25) is 9.59 Å². The van der Waals surface area contributed by atoms with E-state index in [-0.39, 0.29) is 12.3 Å². The average Bonchev–Trinajstić information content (AvgIpc) is 3.06. The standard InChI is InChI=1S/C26H21BrN2O4S/c1-3-33-26(32)17-6-12-20(13-7-17)29-24(30)22(28-19-10-8-18(27)9-11-19)23(25(29)31)34-21-14-4-16(2)5-15-21/h4-15,28H,3H2,1-2H3. The third kappa shape index (κ3) is 5.08. The lowest BCUT2D eigenvalue weighted by Gasteiger charge is -2.15. The molecule has 3 aromatic rings. The van der Waals surface area contributed by atoms with Gasteiger partial charge in [-0.1, -0.05) is 45.4 Å². The second kappa shape index (κ2) is 10.3. The predicted molar refractivity (Wildman–Crippen MR) is 137 cm³/mol. The molecule has 0 atom stereocenters. The highest BCUT2D eigenvalue weighted by Gasteiger charge is 2.40. The Hall–Kier alpha value is -3.36. The van der Waals surface area contributed by atoms with Gasteiger partial charge in [0.25, 0.3) is 11.8 Å². The maximum atomic E-state index is 13.5. The molecule has 0 saturated heterocycles. The number of halogens is 1. The number of thioether (sulfide) groups is 1. The molecule has 0 spiro atoms. The number of carbonyl (C=O) groups is 3. The Kier molecular flexibility index (Phi) is 7.19. The summed E-state index contributed by atoms with van der Waals surface area (Å²) in [6.45, 7) is 3.98. The number of aryl methyl sites for hydroxylation is 1. The van der Waals surface area contributed by atoms with Crippen molar-refractivity contribution in [3.8, 4) is 0 Å². The van der Waals surface area contributed by atoms with Gasteiger partial charge in [0.2, 0.25) is 0 Å². The summed E-state index contributed by atoms with van der Waals surface area (Å²) in [6, 6.07) is 21.3. The van der Waals surface area contributed by atoms with Gasteiger partial charge in [0.15, 0.2) is 0 Å². The van der Waals surface area contributed by atoms with E-state index in [1.165, 1.54) is 11.8 Å². The number of ether oxygens (including phenoxy) is 1. The number of anilines is 2. The number of hydrogen-bond donors (Lipinski definition) is 1. The molecule has 6 nitrogen and oxygen atoms in total. The zero-order chi connectivity index (χ0) is 24.2. The van der Waals surface area contributed by atoms with Crippen molar-refractivity contribution < 1.29 is 19.1 Å². The number of hydrogen-bond acceptors (Lipinski definition) is 6. The highest BCUT2D eigenvalue weighted by molar-refractivity contribution is 9.10. The van der Waals surface area contributed by atoms with Crippen molar-refractivity contribution in [3.63, 3.8) is 0 Å². The molecule has 1 aliphatic heterocycles. The molecule has 0 saturated carbocycles. The maximum absolute atomic E-state index is 13.5. The van der Waals surface area contributed by atoms with Gasteiger partial charge in [-0.15, -0.1) is 0 Å². The van der Waals surface area contributed by atoms with Crippen LogP contribution in [0.5, 0.6) is 0 Å². The second-order valence-corrected chi connectivity index (χ2v) is 9.46. The first-order valence-corrected chi connectivity index (χ1v) is 12.2. The summed E-state index contributed by atoms with van der Waals surface area (Å²) in [6.07, 6.45) is 0. The molecule has 1 heterocycles. The van der Waals surface area contributed by atoms with Gasteiger partial charge >= 0.3 is 5.97 Å². The van der Waals surface area contributed by atoms with Crippen molar-refractivity contribution in [1.29, 1.82) is 0 Å². The van der Waals surface area contributed by atoms with E-state index in [0.29, 0.717) is 21.8 Å². The van der Waals surface area contributed by atoms with Crippen LogP contribution in [0.3, 0.4) is 0 Å². The van der Waals surface area contributed by atoms with Crippen molar-refractivity contribution in [2.45, 2.75) is 18.7 Å². The number of imide groups is 1. The van der Waals surface area contributed by atoms with Crippen LogP contribution < -0.4 is 10.2 Å². The van der Waals surface area contributed by atoms with Crippen molar-refractivity contribution >= 4 is 56.9 Å². The fourth-order valence-electron chi connectivity index (χ4n) is 3.31. The number of carbonyl (C=O) groups excluding carboxylic acids is 3. The topological polar surface area (TPSA) is 75.7 Å². The zero-order valence-corrected chi connectivity index (χ0v) is 20.9. The molecular weight excluding hydrogens is 516 g/mol. The van der Waals surface area contributed by atoms with E-state index < -0.39 is 17.8 Å². The van der Waals surface area contributed by atoms with E-state index in [9.17, 15) is 14.4 Å². The second-order valence-electron chi connectivity index (χ2n) is 7.46. The van der Waals surface area contributed by atoms with Crippen molar-refractivity contribution in [2.24, 2.45) is 0 Å². The molecule has 0 aromatic heterocycles. The lowest BCUT2D eigenvalue weighted by atomic mass is 10.2. The van der Waals surface area contributed by atoms with Crippen LogP contribution in [0.25, 0.3) is 0 Å². The monoisotopic (exact) mass is 536 g/mol. The molecule has 8 heteroatoms. The summed E-state index contributed by atoms with van der Waals surface area (Å²) in [7, 11) is 0. The Labute approximate surface area is 210 Å². The van der Waals surface area contributed by atoms with Crippen molar-refractivity contribution in [3.05, 3.63) is 99.0 Å². The molecular formula is C26H21BrN2O4S. The maximum Gasteiger partial charge on any atom is 0.338 e. The number of rotatable bonds is 7. The minimum atomic E-state index is -0.466. The van der Waals surface area contributed by atoms with Gasteiger partial charge in [-0.05, 0) is 74.5 Å². The Morgan fingerprint density at radius 3 is 2.21 bits per heavy atom. The van der Waals surface area contributed by atoms with Gasteiger partial charge < -0.3 is 10.1 Å². The highest BCUT2D eigenvalue weighted by atomic mass is 79.9. The summed E-state index contributed by atoms with van der Waals surface area (Å²) in [5.41, 5.74) is 2.70. The molecule has 172 valence electrons. The van der Waals surface area contributed by atoms with Crippen LogP contribution in [-0.4, -0.2) is 24.4 Å². The van der Waals surface area contributed by atoms with Crippen LogP contribution in [0, 0.1) is 6.92 Å². The highest BCUT2D eigenvalue weighted by Crippen LogP contribution is 2.38. The third-order valence-corrected chi connectivity index (χ3v) is 6.65. The summed E-state index contributed by atoms with van der Waals surface area (Å²) in [4.78, 5) is 41.1. The van der Waals surface area contributed by atoms with Crippen LogP contribution >= 0.6 is 27.7 Å². The number of amides is 2. The Morgan fingerprint density at radius 1 is 0.941 bits per heavy atom. The zero-order valence-electron chi connectivity index (χ0n) is 18.5. The van der Waals surface area contributed by atoms with Gasteiger partial charge in [0.05, 0.1) is 17.9 Å². The fraction of sp³-hybridized carbons (Fsp3) is 0.115. The first-order chi connectivity index (χ1) is 16.4. The van der Waals surface area contributed by atoms with E-state index in [1.54, 1.807) is 31.2 Å². The largest absolute Gasteiger partial charge is 0.462 e. The normalized spacial score (nSPS) is 13.4. The van der Waals surface area contributed by atoms with E-state index in [0.717, 1.165) is 19.8 Å². The van der Waals surface area contributed by atoms with Gasteiger partial charge in [0, 0.05) is 15.1 Å². The molecule has 0 unspecified atom stereocenters. The van der Waals surface area contributed by atoms with Gasteiger partial charge in [0.1, 0.15) is 10.6 Å². The van der Waals surface area contributed by atoms with Crippen LogP contribution in [0.4, 0.5) is 11.4 Å². The number of nitrogens with zero attached hydrogens (tertiary/aromatic N) is 1. The van der Waals surface area contributed by atoms with E-state index >= 15 is 0 Å². The summed E-state index contributed by atoms with van der Waals surface area (Å²) < 4.78 is 5.91. The number of benzene rings is 3. The van der Waals surface area contributed by atoms with Gasteiger partial charge in [-0.25, -0.2) is 9.69 Å². The molecule has 0 radical (unpaired) electrons. The Morgan fingerprint density at radius 2 is 1.59 bits per heavy atom. The lowest BCUT2D eigenvalue weighted by molar-refractivity contribution is -0.120. The van der Waals surface area contributed by atoms with Gasteiger partial charge in [-0.2, -0.15) is 0 Å². The molecule has 4 rings (SSSR count). The predicted octanol–water partition coefficient (Wildman–Crippen LogP) is 5.92. The first-order valence-electron chi connectivity index (χ1n) is 10.5. The average molecular weight is 537 g/mol.